The average Bonchev–Trinajstić information content (AvgIpc) is 3.04. The van der Waals surface area contributed by atoms with E-state index in [1.807, 2.05) is 25.1 Å². The van der Waals surface area contributed by atoms with Gasteiger partial charge in [0.2, 0.25) is 12.7 Å². The van der Waals surface area contributed by atoms with Crippen molar-refractivity contribution in [2.24, 2.45) is 10.2 Å². The van der Waals surface area contributed by atoms with E-state index in [0.29, 0.717) is 10.9 Å². The van der Waals surface area contributed by atoms with Crippen molar-refractivity contribution < 1.29 is 14.3 Å². The SMILES string of the molecule is CCC1S/C(=N/N=C/c2ccc3c(c2)OCO3)NC1=O. The number of benzene rings is 1. The van der Waals surface area contributed by atoms with Gasteiger partial charge in [-0.3, -0.25) is 4.79 Å². The third kappa shape index (κ3) is 2.62. The Morgan fingerprint density at radius 1 is 1.45 bits per heavy atom. The van der Waals surface area contributed by atoms with E-state index in [1.165, 1.54) is 11.8 Å². The van der Waals surface area contributed by atoms with E-state index in [4.69, 9.17) is 9.47 Å². The number of fused-ring (bicyclic) bond motifs is 1. The van der Waals surface area contributed by atoms with Crippen LogP contribution >= 0.6 is 11.8 Å². The number of amidine groups is 1. The molecule has 3 rings (SSSR count). The fraction of sp³-hybridized carbons (Fsp3) is 0.308. The van der Waals surface area contributed by atoms with E-state index in [0.717, 1.165) is 17.7 Å². The molecule has 7 heteroatoms. The number of carbonyl (C=O) groups excluding carboxylic acids is 1. The van der Waals surface area contributed by atoms with Crippen LogP contribution in [0.2, 0.25) is 0 Å². The molecule has 2 aliphatic heterocycles. The Balaban J connectivity index is 1.68. The summed E-state index contributed by atoms with van der Waals surface area (Å²) in [6.07, 6.45) is 2.39. The zero-order valence-electron chi connectivity index (χ0n) is 10.8. The lowest BCUT2D eigenvalue weighted by molar-refractivity contribution is -0.118. The van der Waals surface area contributed by atoms with Gasteiger partial charge >= 0.3 is 0 Å². The zero-order chi connectivity index (χ0) is 13.9. The fourth-order valence-electron chi connectivity index (χ4n) is 1.86. The van der Waals surface area contributed by atoms with Crippen molar-refractivity contribution >= 4 is 29.1 Å². The summed E-state index contributed by atoms with van der Waals surface area (Å²) in [6.45, 7) is 2.22. The molecule has 2 aliphatic rings. The van der Waals surface area contributed by atoms with Gasteiger partial charge in [0, 0.05) is 0 Å². The summed E-state index contributed by atoms with van der Waals surface area (Å²) in [4.78, 5) is 11.5. The highest BCUT2D eigenvalue weighted by atomic mass is 32.2. The standard InChI is InChI=1S/C13H13N3O3S/c1-2-11-12(17)15-13(20-11)16-14-6-8-3-4-9-10(5-8)19-7-18-9/h3-6,11H,2,7H2,1H3,(H,15,16,17)/b14-6+. The molecule has 20 heavy (non-hydrogen) atoms. The molecule has 6 nitrogen and oxygen atoms in total. The molecule has 1 amide bonds. The molecule has 0 saturated carbocycles. The Kier molecular flexibility index (Phi) is 3.60. The average molecular weight is 291 g/mol. The lowest BCUT2D eigenvalue weighted by Gasteiger charge is -1.96. The van der Waals surface area contributed by atoms with Gasteiger partial charge in [0.1, 0.15) is 0 Å². The number of hydrogen-bond donors (Lipinski definition) is 1. The first-order valence-electron chi connectivity index (χ1n) is 6.24. The minimum atomic E-state index is -0.0607. The normalized spacial score (nSPS) is 22.8. The summed E-state index contributed by atoms with van der Waals surface area (Å²) < 4.78 is 10.5. The van der Waals surface area contributed by atoms with Crippen molar-refractivity contribution in [3.63, 3.8) is 0 Å². The van der Waals surface area contributed by atoms with Crippen LogP contribution in [-0.2, 0) is 4.79 Å². The molecule has 0 aromatic heterocycles. The maximum absolute atomic E-state index is 11.5. The van der Waals surface area contributed by atoms with Crippen LogP contribution in [0.15, 0.2) is 28.4 Å². The summed E-state index contributed by atoms with van der Waals surface area (Å²) in [5, 5.41) is 11.2. The number of nitrogens with one attached hydrogen (secondary N) is 1. The monoisotopic (exact) mass is 291 g/mol. The van der Waals surface area contributed by atoms with Crippen molar-refractivity contribution in [3.8, 4) is 11.5 Å². The van der Waals surface area contributed by atoms with Gasteiger partial charge in [0.15, 0.2) is 16.7 Å². The second kappa shape index (κ2) is 5.54. The molecule has 1 unspecified atom stereocenters. The number of ether oxygens (including phenoxy) is 2. The quantitative estimate of drug-likeness (QED) is 0.680. The highest BCUT2D eigenvalue weighted by Gasteiger charge is 2.28. The summed E-state index contributed by atoms with van der Waals surface area (Å²) >= 11 is 1.40. The zero-order valence-corrected chi connectivity index (χ0v) is 11.6. The van der Waals surface area contributed by atoms with Crippen LogP contribution in [0, 0.1) is 0 Å². The third-order valence-electron chi connectivity index (χ3n) is 2.90. The predicted molar refractivity (Wildman–Crippen MR) is 77.4 cm³/mol. The van der Waals surface area contributed by atoms with Gasteiger partial charge < -0.3 is 14.8 Å². The van der Waals surface area contributed by atoms with E-state index in [-0.39, 0.29) is 18.0 Å². The number of carbonyl (C=O) groups is 1. The van der Waals surface area contributed by atoms with Gasteiger partial charge in [-0.15, -0.1) is 5.10 Å². The Morgan fingerprint density at radius 2 is 2.30 bits per heavy atom. The maximum atomic E-state index is 11.5. The van der Waals surface area contributed by atoms with Gasteiger partial charge in [-0.05, 0) is 30.2 Å². The molecule has 1 aromatic rings. The summed E-state index contributed by atoms with van der Waals surface area (Å²) in [5.41, 5.74) is 0.861. The first-order chi connectivity index (χ1) is 9.76. The van der Waals surface area contributed by atoms with Crippen LogP contribution in [0.4, 0.5) is 0 Å². The van der Waals surface area contributed by atoms with E-state index in [2.05, 4.69) is 15.5 Å². The Morgan fingerprint density at radius 3 is 3.10 bits per heavy atom. The molecule has 0 spiro atoms. The molecule has 2 heterocycles. The van der Waals surface area contributed by atoms with E-state index < -0.39 is 0 Å². The van der Waals surface area contributed by atoms with E-state index in [9.17, 15) is 4.79 Å². The molecule has 1 fully saturated rings. The van der Waals surface area contributed by atoms with E-state index >= 15 is 0 Å². The lowest BCUT2D eigenvalue weighted by atomic mass is 10.2. The van der Waals surface area contributed by atoms with Crippen LogP contribution in [0.3, 0.4) is 0 Å². The summed E-state index contributed by atoms with van der Waals surface area (Å²) in [7, 11) is 0. The fourth-order valence-corrected chi connectivity index (χ4v) is 2.72. The van der Waals surface area contributed by atoms with Crippen molar-refractivity contribution in [1.82, 2.24) is 5.32 Å². The molecule has 1 aromatic carbocycles. The number of thioether (sulfide) groups is 1. The Labute approximate surface area is 120 Å². The Hall–Kier alpha value is -2.02. The highest BCUT2D eigenvalue weighted by Crippen LogP contribution is 2.32. The number of nitrogens with zero attached hydrogens (tertiary/aromatic N) is 2. The van der Waals surface area contributed by atoms with Gasteiger partial charge in [-0.1, -0.05) is 18.7 Å². The first kappa shape index (κ1) is 13.0. The van der Waals surface area contributed by atoms with Crippen molar-refractivity contribution in [2.75, 3.05) is 6.79 Å². The van der Waals surface area contributed by atoms with Crippen molar-refractivity contribution in [2.45, 2.75) is 18.6 Å². The van der Waals surface area contributed by atoms with Crippen LogP contribution in [-0.4, -0.2) is 29.3 Å². The molecule has 1 N–H and O–H groups in total. The second-order valence-electron chi connectivity index (χ2n) is 4.27. The van der Waals surface area contributed by atoms with Crippen LogP contribution in [0.1, 0.15) is 18.9 Å². The second-order valence-corrected chi connectivity index (χ2v) is 5.46. The van der Waals surface area contributed by atoms with Crippen molar-refractivity contribution in [3.05, 3.63) is 23.8 Å². The number of rotatable bonds is 3. The van der Waals surface area contributed by atoms with Gasteiger partial charge in [0.05, 0.1) is 11.5 Å². The third-order valence-corrected chi connectivity index (χ3v) is 4.14. The summed E-state index contributed by atoms with van der Waals surface area (Å²) in [5.74, 6) is 1.43. The lowest BCUT2D eigenvalue weighted by Crippen LogP contribution is -2.24. The first-order valence-corrected chi connectivity index (χ1v) is 7.12. The van der Waals surface area contributed by atoms with Crippen LogP contribution in [0.5, 0.6) is 11.5 Å². The minimum Gasteiger partial charge on any atom is -0.454 e. The molecule has 0 aliphatic carbocycles. The molecule has 104 valence electrons. The molecule has 1 atom stereocenters. The number of amides is 1. The van der Waals surface area contributed by atoms with E-state index in [1.54, 1.807) is 6.21 Å². The van der Waals surface area contributed by atoms with Gasteiger partial charge in [0.25, 0.3) is 0 Å². The van der Waals surface area contributed by atoms with Crippen LogP contribution < -0.4 is 14.8 Å². The summed E-state index contributed by atoms with van der Waals surface area (Å²) in [6, 6.07) is 5.53. The highest BCUT2D eigenvalue weighted by molar-refractivity contribution is 8.15. The molecular weight excluding hydrogens is 278 g/mol. The smallest absolute Gasteiger partial charge is 0.239 e. The minimum absolute atomic E-state index is 0.00507. The van der Waals surface area contributed by atoms with Crippen molar-refractivity contribution in [1.29, 1.82) is 0 Å². The maximum Gasteiger partial charge on any atom is 0.239 e. The molecule has 1 saturated heterocycles. The predicted octanol–water partition coefficient (Wildman–Crippen LogP) is 1.75. The van der Waals surface area contributed by atoms with Gasteiger partial charge in [-0.2, -0.15) is 5.10 Å². The Bertz CT molecular complexity index is 601. The topological polar surface area (TPSA) is 72.3 Å². The van der Waals surface area contributed by atoms with Crippen LogP contribution in [0.25, 0.3) is 0 Å². The van der Waals surface area contributed by atoms with Gasteiger partial charge in [-0.25, -0.2) is 0 Å². The number of hydrogen-bond acceptors (Lipinski definition) is 6. The molecule has 0 radical (unpaired) electrons. The molecular formula is C13H13N3O3S. The molecule has 0 bridgehead atoms. The largest absolute Gasteiger partial charge is 0.454 e.